The van der Waals surface area contributed by atoms with Crippen LogP contribution >= 0.6 is 0 Å². The minimum absolute atomic E-state index is 0.0271. The van der Waals surface area contributed by atoms with Gasteiger partial charge in [0.15, 0.2) is 0 Å². The molecule has 2 N–H and O–H groups in total. The fourth-order valence-corrected chi connectivity index (χ4v) is 5.51. The fourth-order valence-electron chi connectivity index (χ4n) is 5.51. The van der Waals surface area contributed by atoms with Crippen molar-refractivity contribution in [2.24, 2.45) is 22.7 Å². The van der Waals surface area contributed by atoms with E-state index in [2.05, 4.69) is 10.6 Å². The topological polar surface area (TPSA) is 111 Å². The lowest BCUT2D eigenvalue weighted by molar-refractivity contribution is -0.173. The van der Waals surface area contributed by atoms with Crippen LogP contribution in [0.3, 0.4) is 0 Å². The van der Waals surface area contributed by atoms with Crippen molar-refractivity contribution < 1.29 is 28.7 Å². The number of ether oxygens (including phenoxy) is 2. The largest absolute Gasteiger partial charge is 0.467 e. The van der Waals surface area contributed by atoms with Crippen LogP contribution in [-0.2, 0) is 28.7 Å². The normalized spacial score (nSPS) is 29.6. The molecule has 0 aromatic heterocycles. The van der Waals surface area contributed by atoms with Gasteiger partial charge in [-0.25, -0.2) is 4.79 Å². The zero-order valence-corrected chi connectivity index (χ0v) is 22.2. The molecule has 2 aliphatic rings. The molecule has 3 atom stereocenters. The molecule has 0 spiro atoms. The highest BCUT2D eigenvalue weighted by molar-refractivity contribution is 5.88. The van der Waals surface area contributed by atoms with E-state index < -0.39 is 34.4 Å². The molecule has 0 saturated heterocycles. The Hall–Kier alpha value is -2.12. The summed E-state index contributed by atoms with van der Waals surface area (Å²) in [5, 5.41) is 5.91. The molecule has 0 radical (unpaired) electrons. The van der Waals surface area contributed by atoms with Gasteiger partial charge in [-0.05, 0) is 84.0 Å². The number of hydrogen-bond acceptors (Lipinski definition) is 6. The number of carbonyl (C=O) groups is 4. The summed E-state index contributed by atoms with van der Waals surface area (Å²) in [6.45, 7) is 12.8. The molecule has 2 saturated carbocycles. The number of carbonyl (C=O) groups excluding carboxylic acids is 4. The van der Waals surface area contributed by atoms with Crippen LogP contribution in [0, 0.1) is 22.7 Å². The van der Waals surface area contributed by atoms with Gasteiger partial charge >= 0.3 is 11.9 Å². The van der Waals surface area contributed by atoms with Crippen molar-refractivity contribution in [1.82, 2.24) is 10.6 Å². The summed E-state index contributed by atoms with van der Waals surface area (Å²) in [6, 6.07) is -0.561. The lowest BCUT2D eigenvalue weighted by Gasteiger charge is -2.40. The highest BCUT2D eigenvalue weighted by Crippen LogP contribution is 2.57. The summed E-state index contributed by atoms with van der Waals surface area (Å²) in [5.41, 5.74) is -2.05. The van der Waals surface area contributed by atoms with Crippen molar-refractivity contribution in [3.63, 3.8) is 0 Å². The van der Waals surface area contributed by atoms with E-state index in [-0.39, 0.29) is 29.7 Å². The third kappa shape index (κ3) is 6.51. The van der Waals surface area contributed by atoms with Gasteiger partial charge in [-0.1, -0.05) is 13.8 Å². The molecular weight excluding hydrogens is 436 g/mol. The summed E-state index contributed by atoms with van der Waals surface area (Å²) in [4.78, 5) is 50.3. The van der Waals surface area contributed by atoms with Gasteiger partial charge in [-0.15, -0.1) is 0 Å². The van der Waals surface area contributed by atoms with E-state index in [4.69, 9.17) is 9.47 Å². The van der Waals surface area contributed by atoms with E-state index in [1.165, 1.54) is 14.0 Å². The summed E-state index contributed by atoms with van der Waals surface area (Å²) >= 11 is 0. The Labute approximate surface area is 204 Å². The van der Waals surface area contributed by atoms with Crippen LogP contribution < -0.4 is 10.6 Å². The zero-order chi connectivity index (χ0) is 25.9. The zero-order valence-electron chi connectivity index (χ0n) is 22.2. The molecule has 8 nitrogen and oxygen atoms in total. The third-order valence-corrected chi connectivity index (χ3v) is 8.02. The van der Waals surface area contributed by atoms with Crippen molar-refractivity contribution in [3.05, 3.63) is 0 Å². The van der Waals surface area contributed by atoms with Crippen LogP contribution in [0.4, 0.5) is 0 Å². The van der Waals surface area contributed by atoms with Crippen LogP contribution in [0.5, 0.6) is 0 Å². The van der Waals surface area contributed by atoms with Crippen LogP contribution in [0.2, 0.25) is 0 Å². The number of amides is 2. The molecule has 0 bridgehead atoms. The van der Waals surface area contributed by atoms with E-state index in [1.807, 2.05) is 41.5 Å². The van der Waals surface area contributed by atoms with Crippen molar-refractivity contribution in [2.75, 3.05) is 7.11 Å². The Morgan fingerprint density at radius 3 is 2.09 bits per heavy atom. The van der Waals surface area contributed by atoms with Crippen molar-refractivity contribution >= 4 is 23.8 Å². The maximum Gasteiger partial charge on any atom is 0.328 e. The van der Waals surface area contributed by atoms with Gasteiger partial charge < -0.3 is 20.1 Å². The third-order valence-electron chi connectivity index (χ3n) is 8.02. The molecule has 2 aliphatic carbocycles. The lowest BCUT2D eigenvalue weighted by atomic mass is 9.65. The molecule has 2 amide bonds. The number of nitrogens with one attached hydrogen (secondary N) is 2. The first-order valence-corrected chi connectivity index (χ1v) is 12.5. The second-order valence-electron chi connectivity index (χ2n) is 11.9. The molecule has 2 fully saturated rings. The Bertz CT molecular complexity index is 779. The molecule has 0 aromatic carbocycles. The van der Waals surface area contributed by atoms with Gasteiger partial charge in [-0.2, -0.15) is 0 Å². The molecule has 0 aliphatic heterocycles. The minimum atomic E-state index is -0.800. The van der Waals surface area contributed by atoms with E-state index >= 15 is 0 Å². The van der Waals surface area contributed by atoms with Crippen molar-refractivity contribution in [3.8, 4) is 0 Å². The highest BCUT2D eigenvalue weighted by Gasteiger charge is 2.59. The van der Waals surface area contributed by atoms with Crippen molar-refractivity contribution in [1.29, 1.82) is 0 Å². The second kappa shape index (κ2) is 10.6. The maximum absolute atomic E-state index is 13.4. The molecule has 34 heavy (non-hydrogen) atoms. The minimum Gasteiger partial charge on any atom is -0.467 e. The van der Waals surface area contributed by atoms with Gasteiger partial charge in [0.2, 0.25) is 11.8 Å². The average Bonchev–Trinajstić information content (AvgIpc) is 2.96. The number of methoxy groups -OCH3 is 1. The molecule has 2 rings (SSSR count). The predicted molar refractivity (Wildman–Crippen MR) is 129 cm³/mol. The molecule has 0 unspecified atom stereocenters. The Balaban J connectivity index is 2.06. The Morgan fingerprint density at radius 2 is 1.59 bits per heavy atom. The van der Waals surface area contributed by atoms with E-state index in [0.717, 1.165) is 25.7 Å². The fraction of sp³-hybridized carbons (Fsp3) is 0.846. The first kappa shape index (κ1) is 28.1. The molecular formula is C26H44N2O6. The Morgan fingerprint density at radius 1 is 1.00 bits per heavy atom. The molecule has 0 aromatic rings. The summed E-state index contributed by atoms with van der Waals surface area (Å²) in [6.07, 6.45) is 5.06. The number of hydrogen-bond donors (Lipinski definition) is 2. The van der Waals surface area contributed by atoms with Crippen LogP contribution in [-0.4, -0.2) is 48.5 Å². The number of rotatable bonds is 7. The van der Waals surface area contributed by atoms with E-state index in [9.17, 15) is 19.2 Å². The van der Waals surface area contributed by atoms with Gasteiger partial charge in [0.1, 0.15) is 11.6 Å². The van der Waals surface area contributed by atoms with Gasteiger partial charge in [-0.3, -0.25) is 14.4 Å². The first-order chi connectivity index (χ1) is 15.6. The maximum atomic E-state index is 13.4. The summed E-state index contributed by atoms with van der Waals surface area (Å²) in [7, 11) is 1.33. The number of esters is 2. The predicted octanol–water partition coefficient (Wildman–Crippen LogP) is 3.51. The van der Waals surface area contributed by atoms with E-state index in [0.29, 0.717) is 19.3 Å². The van der Waals surface area contributed by atoms with Gasteiger partial charge in [0.05, 0.1) is 12.5 Å². The van der Waals surface area contributed by atoms with Crippen LogP contribution in [0.1, 0.15) is 93.4 Å². The summed E-state index contributed by atoms with van der Waals surface area (Å²) in [5.74, 6) is -1.16. The SMILES string of the molecule is COC(=O)[C@@H](CC1CCC(NC(C)=O)CC1)NC(=O)[C@H]1CC[C@@](C)(C(=O)OC(C)(C)C)C1(C)C. The smallest absolute Gasteiger partial charge is 0.328 e. The van der Waals surface area contributed by atoms with Gasteiger partial charge in [0, 0.05) is 18.9 Å². The second-order valence-corrected chi connectivity index (χ2v) is 11.9. The summed E-state index contributed by atoms with van der Waals surface area (Å²) < 4.78 is 10.7. The lowest BCUT2D eigenvalue weighted by Crippen LogP contribution is -2.51. The molecule has 0 heterocycles. The quantitative estimate of drug-likeness (QED) is 0.540. The highest BCUT2D eigenvalue weighted by atomic mass is 16.6. The van der Waals surface area contributed by atoms with Crippen LogP contribution in [0.25, 0.3) is 0 Å². The molecule has 8 heteroatoms. The molecule has 194 valence electrons. The first-order valence-electron chi connectivity index (χ1n) is 12.5. The van der Waals surface area contributed by atoms with Crippen LogP contribution in [0.15, 0.2) is 0 Å². The monoisotopic (exact) mass is 480 g/mol. The van der Waals surface area contributed by atoms with Gasteiger partial charge in [0.25, 0.3) is 0 Å². The average molecular weight is 481 g/mol. The standard InChI is InChI=1S/C26H44N2O6/c1-16(29)27-18-11-9-17(10-12-18)15-20(22(31)33-8)28-21(30)19-13-14-26(7,25(19,5)6)23(32)34-24(2,3)4/h17-20H,9-15H2,1-8H3,(H,27,29)(H,28,30)/t17?,18?,19-,20-,26+/m1/s1. The van der Waals surface area contributed by atoms with Crippen molar-refractivity contribution in [2.45, 2.75) is 111 Å². The Kier molecular flexibility index (Phi) is 8.81. The van der Waals surface area contributed by atoms with E-state index in [1.54, 1.807) is 0 Å².